The molecule has 0 aliphatic carbocycles. The molecule has 160 valence electrons. The standard InChI is InChI=1S/C16H29N5O7/c1-7(2)12(15(26)21-13(8(3)22)16(27)28)20-11(24)6-19-14(25)9(17)4-5-10(18)23/h7-9,12-13,22H,4-6,17H2,1-3H3,(H2,18,23)(H,19,25)(H,20,24)(H,21,26)(H,27,28). The molecule has 0 aliphatic rings. The van der Waals surface area contributed by atoms with E-state index in [-0.39, 0.29) is 12.8 Å². The molecular weight excluding hydrogens is 374 g/mol. The normalized spacial score (nSPS) is 15.1. The van der Waals surface area contributed by atoms with E-state index in [0.717, 1.165) is 0 Å². The molecule has 12 nitrogen and oxygen atoms in total. The van der Waals surface area contributed by atoms with Crippen LogP contribution in [0.5, 0.6) is 0 Å². The smallest absolute Gasteiger partial charge is 0.328 e. The van der Waals surface area contributed by atoms with Gasteiger partial charge in [0.1, 0.15) is 6.04 Å². The number of nitrogens with two attached hydrogens (primary N) is 2. The largest absolute Gasteiger partial charge is 0.480 e. The van der Waals surface area contributed by atoms with Gasteiger partial charge >= 0.3 is 5.97 Å². The summed E-state index contributed by atoms with van der Waals surface area (Å²) in [5.41, 5.74) is 10.5. The van der Waals surface area contributed by atoms with Crippen molar-refractivity contribution in [2.24, 2.45) is 17.4 Å². The van der Waals surface area contributed by atoms with Gasteiger partial charge in [-0.25, -0.2) is 4.79 Å². The van der Waals surface area contributed by atoms with Gasteiger partial charge in [-0.05, 0) is 19.3 Å². The number of amides is 4. The van der Waals surface area contributed by atoms with Crippen molar-refractivity contribution in [3.8, 4) is 0 Å². The Morgan fingerprint density at radius 1 is 0.964 bits per heavy atom. The predicted octanol–water partition coefficient (Wildman–Crippen LogP) is -3.21. The fourth-order valence-corrected chi connectivity index (χ4v) is 2.12. The van der Waals surface area contributed by atoms with Gasteiger partial charge in [-0.2, -0.15) is 0 Å². The number of aliphatic hydroxyl groups is 1. The second-order valence-corrected chi connectivity index (χ2v) is 6.68. The van der Waals surface area contributed by atoms with Gasteiger partial charge in [-0.3, -0.25) is 19.2 Å². The Balaban J connectivity index is 4.73. The highest BCUT2D eigenvalue weighted by Gasteiger charge is 2.31. The minimum absolute atomic E-state index is 0.0235. The molecular formula is C16H29N5O7. The number of carboxylic acid groups (broad SMARTS) is 1. The third-order valence-electron chi connectivity index (χ3n) is 3.77. The zero-order valence-electron chi connectivity index (χ0n) is 16.1. The summed E-state index contributed by atoms with van der Waals surface area (Å²) in [6.07, 6.45) is -1.40. The molecule has 12 heteroatoms. The van der Waals surface area contributed by atoms with Gasteiger partial charge in [-0.1, -0.05) is 13.8 Å². The average Bonchev–Trinajstić information content (AvgIpc) is 2.58. The number of rotatable bonds is 12. The summed E-state index contributed by atoms with van der Waals surface area (Å²) in [7, 11) is 0. The summed E-state index contributed by atoms with van der Waals surface area (Å²) < 4.78 is 0. The third-order valence-corrected chi connectivity index (χ3v) is 3.77. The number of primary amides is 1. The third kappa shape index (κ3) is 9.28. The minimum atomic E-state index is -1.53. The van der Waals surface area contributed by atoms with Crippen LogP contribution in [-0.4, -0.2) is 70.6 Å². The summed E-state index contributed by atoms with van der Waals surface area (Å²) >= 11 is 0. The average molecular weight is 403 g/mol. The van der Waals surface area contributed by atoms with Crippen LogP contribution in [0.15, 0.2) is 0 Å². The molecule has 4 atom stereocenters. The molecule has 0 aromatic heterocycles. The fourth-order valence-electron chi connectivity index (χ4n) is 2.12. The van der Waals surface area contributed by atoms with Gasteiger partial charge in [0.2, 0.25) is 23.6 Å². The zero-order valence-corrected chi connectivity index (χ0v) is 16.1. The van der Waals surface area contributed by atoms with Crippen LogP contribution in [0.3, 0.4) is 0 Å². The molecule has 0 aromatic rings. The maximum Gasteiger partial charge on any atom is 0.328 e. The molecule has 4 unspecified atom stereocenters. The number of hydrogen-bond donors (Lipinski definition) is 7. The summed E-state index contributed by atoms with van der Waals surface area (Å²) in [6, 6.07) is -3.64. The Morgan fingerprint density at radius 3 is 1.96 bits per heavy atom. The van der Waals surface area contributed by atoms with Crippen LogP contribution in [0.4, 0.5) is 0 Å². The highest BCUT2D eigenvalue weighted by Crippen LogP contribution is 2.04. The van der Waals surface area contributed by atoms with Gasteiger partial charge in [-0.15, -0.1) is 0 Å². The van der Waals surface area contributed by atoms with Crippen molar-refractivity contribution < 1.29 is 34.2 Å². The number of aliphatic carboxylic acids is 1. The van der Waals surface area contributed by atoms with Crippen LogP contribution in [0.1, 0.15) is 33.6 Å². The van der Waals surface area contributed by atoms with E-state index in [0.29, 0.717) is 0 Å². The number of hydrogen-bond acceptors (Lipinski definition) is 7. The van der Waals surface area contributed by atoms with Crippen molar-refractivity contribution in [3.05, 3.63) is 0 Å². The number of carboxylic acids is 1. The zero-order chi connectivity index (χ0) is 22.0. The van der Waals surface area contributed by atoms with E-state index >= 15 is 0 Å². The Labute approximate surface area is 162 Å². The summed E-state index contributed by atoms with van der Waals surface area (Å²) in [4.78, 5) is 57.8. The molecule has 0 heterocycles. The van der Waals surface area contributed by atoms with Crippen molar-refractivity contribution in [3.63, 3.8) is 0 Å². The highest BCUT2D eigenvalue weighted by atomic mass is 16.4. The highest BCUT2D eigenvalue weighted by molar-refractivity contribution is 5.92. The Hall–Kier alpha value is -2.73. The molecule has 0 aromatic carbocycles. The summed E-state index contributed by atoms with van der Waals surface area (Å²) in [5, 5.41) is 25.3. The van der Waals surface area contributed by atoms with Gasteiger partial charge in [0, 0.05) is 6.42 Å². The molecule has 0 rings (SSSR count). The number of nitrogens with one attached hydrogen (secondary N) is 3. The van der Waals surface area contributed by atoms with E-state index in [2.05, 4.69) is 16.0 Å². The SMILES string of the molecule is CC(C)C(NC(=O)CNC(=O)C(N)CCC(N)=O)C(=O)NC(C(=O)O)C(C)O. The number of carbonyl (C=O) groups excluding carboxylic acids is 4. The van der Waals surface area contributed by atoms with Gasteiger partial charge in [0.15, 0.2) is 6.04 Å². The van der Waals surface area contributed by atoms with Crippen LogP contribution < -0.4 is 27.4 Å². The predicted molar refractivity (Wildman–Crippen MR) is 97.4 cm³/mol. The van der Waals surface area contributed by atoms with E-state index in [1.54, 1.807) is 13.8 Å². The second kappa shape index (κ2) is 11.9. The maximum absolute atomic E-state index is 12.3. The van der Waals surface area contributed by atoms with Gasteiger partial charge in [0.25, 0.3) is 0 Å². The minimum Gasteiger partial charge on any atom is -0.480 e. The van der Waals surface area contributed by atoms with E-state index in [9.17, 15) is 29.1 Å². The van der Waals surface area contributed by atoms with E-state index in [1.165, 1.54) is 6.92 Å². The van der Waals surface area contributed by atoms with Crippen molar-refractivity contribution in [1.82, 2.24) is 16.0 Å². The van der Waals surface area contributed by atoms with Gasteiger partial charge in [0.05, 0.1) is 18.7 Å². The van der Waals surface area contributed by atoms with Crippen LogP contribution >= 0.6 is 0 Å². The van der Waals surface area contributed by atoms with Crippen molar-refractivity contribution >= 4 is 29.6 Å². The number of carbonyl (C=O) groups is 5. The van der Waals surface area contributed by atoms with Crippen LogP contribution in [0.25, 0.3) is 0 Å². The monoisotopic (exact) mass is 403 g/mol. The molecule has 0 aliphatic heterocycles. The summed E-state index contributed by atoms with van der Waals surface area (Å²) in [6.45, 7) is 3.99. The van der Waals surface area contributed by atoms with Crippen molar-refractivity contribution in [1.29, 1.82) is 0 Å². The fraction of sp³-hybridized carbons (Fsp3) is 0.688. The quantitative estimate of drug-likeness (QED) is 0.175. The Kier molecular flexibility index (Phi) is 10.7. The first-order valence-corrected chi connectivity index (χ1v) is 8.69. The van der Waals surface area contributed by atoms with Crippen LogP contribution in [0, 0.1) is 5.92 Å². The Bertz CT molecular complexity index is 594. The molecule has 0 fully saturated rings. The van der Waals surface area contributed by atoms with E-state index < -0.39 is 66.3 Å². The van der Waals surface area contributed by atoms with E-state index in [4.69, 9.17) is 16.6 Å². The summed E-state index contributed by atoms with van der Waals surface area (Å²) in [5.74, 6) is -4.59. The molecule has 9 N–H and O–H groups in total. The molecule has 0 saturated heterocycles. The molecule has 0 radical (unpaired) electrons. The van der Waals surface area contributed by atoms with Crippen molar-refractivity contribution in [2.45, 2.75) is 57.8 Å². The molecule has 0 spiro atoms. The molecule has 0 saturated carbocycles. The van der Waals surface area contributed by atoms with E-state index in [1.807, 2.05) is 0 Å². The maximum atomic E-state index is 12.3. The molecule has 28 heavy (non-hydrogen) atoms. The van der Waals surface area contributed by atoms with Crippen LogP contribution in [0.2, 0.25) is 0 Å². The lowest BCUT2D eigenvalue weighted by Crippen LogP contribution is -2.57. The molecule has 0 bridgehead atoms. The lowest BCUT2D eigenvalue weighted by Gasteiger charge is -2.25. The lowest BCUT2D eigenvalue weighted by atomic mass is 10.0. The second-order valence-electron chi connectivity index (χ2n) is 6.68. The Morgan fingerprint density at radius 2 is 1.54 bits per heavy atom. The molecule has 4 amide bonds. The first kappa shape index (κ1) is 25.3. The first-order valence-electron chi connectivity index (χ1n) is 8.69. The van der Waals surface area contributed by atoms with Crippen LogP contribution in [-0.2, 0) is 24.0 Å². The first-order chi connectivity index (χ1) is 12.9. The topological polar surface area (TPSA) is 214 Å². The lowest BCUT2D eigenvalue weighted by molar-refractivity contribution is -0.145. The number of aliphatic hydroxyl groups excluding tert-OH is 1. The van der Waals surface area contributed by atoms with Gasteiger partial charge < -0.3 is 37.6 Å². The van der Waals surface area contributed by atoms with Crippen molar-refractivity contribution in [2.75, 3.05) is 6.54 Å².